The van der Waals surface area contributed by atoms with E-state index in [0.29, 0.717) is 17.7 Å². The van der Waals surface area contributed by atoms with Crippen molar-refractivity contribution in [2.24, 2.45) is 0 Å². The van der Waals surface area contributed by atoms with Crippen molar-refractivity contribution in [3.05, 3.63) is 78.4 Å². The molecule has 0 radical (unpaired) electrons. The van der Waals surface area contributed by atoms with Crippen molar-refractivity contribution >= 4 is 11.9 Å². The summed E-state index contributed by atoms with van der Waals surface area (Å²) in [4.78, 5) is 23.1. The molecule has 2 aromatic rings. The smallest absolute Gasteiger partial charge is 0.343 e. The molecule has 0 unspecified atom stereocenters. The zero-order valence-electron chi connectivity index (χ0n) is 12.0. The van der Waals surface area contributed by atoms with Crippen LogP contribution < -0.4 is 4.74 Å². The molecule has 0 aliphatic rings. The molecule has 0 amide bonds. The third kappa shape index (κ3) is 4.31. The van der Waals surface area contributed by atoms with Crippen molar-refractivity contribution in [3.8, 4) is 5.75 Å². The summed E-state index contributed by atoms with van der Waals surface area (Å²) in [7, 11) is 0. The third-order valence-electron chi connectivity index (χ3n) is 2.97. The van der Waals surface area contributed by atoms with E-state index in [1.807, 2.05) is 18.2 Å². The van der Waals surface area contributed by atoms with Crippen molar-refractivity contribution < 1.29 is 19.1 Å². The molecule has 0 bridgehead atoms. The molecule has 0 N–H and O–H groups in total. The lowest BCUT2D eigenvalue weighted by Gasteiger charge is -2.10. The fourth-order valence-corrected chi connectivity index (χ4v) is 1.86. The summed E-state index contributed by atoms with van der Waals surface area (Å²) in [5, 5.41) is 0. The van der Waals surface area contributed by atoms with Crippen molar-refractivity contribution in [2.75, 3.05) is 6.61 Å². The van der Waals surface area contributed by atoms with Crippen LogP contribution in [0.3, 0.4) is 0 Å². The topological polar surface area (TPSA) is 52.6 Å². The van der Waals surface area contributed by atoms with Gasteiger partial charge in [0.2, 0.25) is 0 Å². The summed E-state index contributed by atoms with van der Waals surface area (Å²) in [5.74, 6) is -0.430. The third-order valence-corrected chi connectivity index (χ3v) is 2.97. The summed E-state index contributed by atoms with van der Waals surface area (Å²) in [5.41, 5.74) is 1.28. The molecule has 0 heterocycles. The van der Waals surface area contributed by atoms with Gasteiger partial charge in [0, 0.05) is 12.5 Å². The molecule has 0 atom stereocenters. The van der Waals surface area contributed by atoms with Crippen LogP contribution in [0, 0.1) is 0 Å². The first-order chi connectivity index (χ1) is 10.7. The number of ether oxygens (including phenoxy) is 2. The summed E-state index contributed by atoms with van der Waals surface area (Å²) in [6.45, 7) is 3.53. The predicted octanol–water partition coefficient (Wildman–Crippen LogP) is 3.18. The molecule has 22 heavy (non-hydrogen) atoms. The van der Waals surface area contributed by atoms with Gasteiger partial charge in [0.05, 0.1) is 12.2 Å². The molecule has 0 spiro atoms. The number of carbonyl (C=O) groups excluding carboxylic acids is 2. The van der Waals surface area contributed by atoms with E-state index in [0.717, 1.165) is 11.6 Å². The Kier molecular flexibility index (Phi) is 5.49. The minimum atomic E-state index is -0.473. The highest BCUT2D eigenvalue weighted by molar-refractivity contribution is 5.91. The second kappa shape index (κ2) is 7.78. The molecular weight excluding hydrogens is 280 g/mol. The van der Waals surface area contributed by atoms with Crippen LogP contribution in [0.5, 0.6) is 5.75 Å². The van der Waals surface area contributed by atoms with Gasteiger partial charge in [-0.05, 0) is 23.8 Å². The van der Waals surface area contributed by atoms with Gasteiger partial charge in [-0.1, -0.05) is 43.0 Å². The average Bonchev–Trinajstić information content (AvgIpc) is 2.57. The fraction of sp³-hybridized carbons (Fsp3) is 0.111. The minimum absolute atomic E-state index is 0.199. The highest BCUT2D eigenvalue weighted by atomic mass is 16.5. The molecule has 112 valence electrons. The maximum absolute atomic E-state index is 12.1. The predicted molar refractivity (Wildman–Crippen MR) is 82.7 cm³/mol. The first kappa shape index (κ1) is 15.5. The van der Waals surface area contributed by atoms with Gasteiger partial charge < -0.3 is 9.47 Å². The summed E-state index contributed by atoms with van der Waals surface area (Å²) in [6.07, 6.45) is 1.57. The first-order valence-corrected chi connectivity index (χ1v) is 6.85. The van der Waals surface area contributed by atoms with Crippen LogP contribution in [0.25, 0.3) is 0 Å². The maximum Gasteiger partial charge on any atom is 0.343 e. The lowest BCUT2D eigenvalue weighted by Crippen LogP contribution is -2.11. The fourth-order valence-electron chi connectivity index (χ4n) is 1.86. The Morgan fingerprint density at radius 3 is 2.41 bits per heavy atom. The second-order valence-corrected chi connectivity index (χ2v) is 4.48. The number of para-hydroxylation sites is 1. The van der Waals surface area contributed by atoms with Gasteiger partial charge >= 0.3 is 11.9 Å². The van der Waals surface area contributed by atoms with Crippen LogP contribution in [0.4, 0.5) is 0 Å². The molecular formula is C18H16O4. The lowest BCUT2D eigenvalue weighted by molar-refractivity contribution is -0.137. The van der Waals surface area contributed by atoms with Crippen molar-refractivity contribution in [1.29, 1.82) is 0 Å². The van der Waals surface area contributed by atoms with Gasteiger partial charge in [0.25, 0.3) is 0 Å². The Hall–Kier alpha value is -2.88. The molecule has 0 fully saturated rings. The van der Waals surface area contributed by atoms with E-state index < -0.39 is 11.9 Å². The van der Waals surface area contributed by atoms with Crippen LogP contribution >= 0.6 is 0 Å². The zero-order chi connectivity index (χ0) is 15.8. The second-order valence-electron chi connectivity index (χ2n) is 4.48. The van der Waals surface area contributed by atoms with E-state index >= 15 is 0 Å². The van der Waals surface area contributed by atoms with Crippen molar-refractivity contribution in [1.82, 2.24) is 0 Å². The normalized spacial score (nSPS) is 9.82. The molecule has 0 saturated carbocycles. The van der Waals surface area contributed by atoms with Crippen LogP contribution in [0.15, 0.2) is 67.3 Å². The lowest BCUT2D eigenvalue weighted by atomic mass is 10.1. The van der Waals surface area contributed by atoms with Crippen LogP contribution in [-0.2, 0) is 16.0 Å². The highest BCUT2D eigenvalue weighted by Crippen LogP contribution is 2.20. The quantitative estimate of drug-likeness (QED) is 0.467. The molecule has 0 saturated heterocycles. The van der Waals surface area contributed by atoms with E-state index in [1.54, 1.807) is 36.4 Å². The maximum atomic E-state index is 12.1. The van der Waals surface area contributed by atoms with Gasteiger partial charge in [-0.25, -0.2) is 9.59 Å². The van der Waals surface area contributed by atoms with Crippen LogP contribution in [0.2, 0.25) is 0 Å². The Labute approximate surface area is 129 Å². The van der Waals surface area contributed by atoms with Gasteiger partial charge in [0.15, 0.2) is 0 Å². The van der Waals surface area contributed by atoms with Crippen molar-refractivity contribution in [2.45, 2.75) is 6.42 Å². The van der Waals surface area contributed by atoms with Crippen molar-refractivity contribution in [3.63, 3.8) is 0 Å². The SMILES string of the molecule is C=CC(=O)OCCc1ccccc1OC(=O)c1ccccc1. The molecule has 0 aliphatic heterocycles. The zero-order valence-corrected chi connectivity index (χ0v) is 12.0. The standard InChI is InChI=1S/C18H16O4/c1-2-17(19)21-13-12-14-8-6-7-11-16(14)22-18(20)15-9-4-3-5-10-15/h2-11H,1,12-13H2. The summed E-state index contributed by atoms with van der Waals surface area (Å²) >= 11 is 0. The Bertz CT molecular complexity index is 662. The molecule has 4 nitrogen and oxygen atoms in total. The van der Waals surface area contributed by atoms with Gasteiger partial charge in [-0.15, -0.1) is 0 Å². The monoisotopic (exact) mass is 296 g/mol. The Morgan fingerprint density at radius 1 is 1.00 bits per heavy atom. The number of carbonyl (C=O) groups is 2. The molecule has 4 heteroatoms. The number of hydrogen-bond donors (Lipinski definition) is 0. The van der Waals surface area contributed by atoms with E-state index in [1.165, 1.54) is 0 Å². The number of esters is 2. The summed E-state index contributed by atoms with van der Waals surface area (Å²) in [6, 6.07) is 15.9. The Balaban J connectivity index is 2.03. The summed E-state index contributed by atoms with van der Waals surface area (Å²) < 4.78 is 10.4. The van der Waals surface area contributed by atoms with Crippen LogP contribution in [-0.4, -0.2) is 18.5 Å². The molecule has 2 rings (SSSR count). The first-order valence-electron chi connectivity index (χ1n) is 6.85. The van der Waals surface area contributed by atoms with Gasteiger partial charge in [-0.2, -0.15) is 0 Å². The van der Waals surface area contributed by atoms with E-state index in [-0.39, 0.29) is 6.61 Å². The van der Waals surface area contributed by atoms with Crippen LogP contribution in [0.1, 0.15) is 15.9 Å². The van der Waals surface area contributed by atoms with E-state index in [9.17, 15) is 9.59 Å². The Morgan fingerprint density at radius 2 is 1.68 bits per heavy atom. The number of hydrogen-bond acceptors (Lipinski definition) is 4. The number of rotatable bonds is 6. The van der Waals surface area contributed by atoms with Gasteiger partial charge in [0.1, 0.15) is 5.75 Å². The number of benzene rings is 2. The molecule has 0 aromatic heterocycles. The highest BCUT2D eigenvalue weighted by Gasteiger charge is 2.11. The van der Waals surface area contributed by atoms with Gasteiger partial charge in [-0.3, -0.25) is 0 Å². The minimum Gasteiger partial charge on any atom is -0.462 e. The molecule has 0 aliphatic carbocycles. The largest absolute Gasteiger partial charge is 0.462 e. The van der Waals surface area contributed by atoms with E-state index in [2.05, 4.69) is 6.58 Å². The molecule has 2 aromatic carbocycles. The van der Waals surface area contributed by atoms with E-state index in [4.69, 9.17) is 9.47 Å². The average molecular weight is 296 g/mol.